The fraction of sp³-hybridized carbons (Fsp3) is 0.333. The lowest BCUT2D eigenvalue weighted by molar-refractivity contribution is 0.872. The Morgan fingerprint density at radius 3 is 2.79 bits per heavy atom. The van der Waals surface area contributed by atoms with Crippen LogP contribution in [-0.2, 0) is 6.54 Å². The first-order valence-corrected chi connectivity index (χ1v) is 5.03. The number of benzene rings is 1. The van der Waals surface area contributed by atoms with Crippen LogP contribution in [0.5, 0.6) is 0 Å². The minimum absolute atomic E-state index is 0.544. The van der Waals surface area contributed by atoms with E-state index in [-0.39, 0.29) is 0 Å². The molecule has 0 amide bonds. The highest BCUT2D eigenvalue weighted by atomic mass is 14.7. The number of nitrogens with two attached hydrogens (primary N) is 1. The van der Waals surface area contributed by atoms with Gasteiger partial charge in [0.1, 0.15) is 0 Å². The number of aromatic amines is 1. The van der Waals surface area contributed by atoms with Gasteiger partial charge in [0.25, 0.3) is 0 Å². The van der Waals surface area contributed by atoms with Gasteiger partial charge >= 0.3 is 0 Å². The maximum absolute atomic E-state index is 5.61. The third kappa shape index (κ3) is 1.42. The third-order valence-corrected chi connectivity index (χ3v) is 2.59. The van der Waals surface area contributed by atoms with E-state index in [1.807, 2.05) is 0 Å². The first kappa shape index (κ1) is 9.28. The molecule has 0 saturated carbocycles. The van der Waals surface area contributed by atoms with E-state index < -0.39 is 0 Å². The third-order valence-electron chi connectivity index (χ3n) is 2.59. The Kier molecular flexibility index (Phi) is 2.30. The molecular weight excluding hydrogens is 172 g/mol. The molecule has 14 heavy (non-hydrogen) atoms. The molecule has 0 fully saturated rings. The number of fused-ring (bicyclic) bond motifs is 1. The van der Waals surface area contributed by atoms with Crippen molar-refractivity contribution in [3.8, 4) is 0 Å². The van der Waals surface area contributed by atoms with Gasteiger partial charge in [-0.15, -0.1) is 0 Å². The van der Waals surface area contributed by atoms with Crippen LogP contribution in [0.1, 0.15) is 31.0 Å². The summed E-state index contributed by atoms with van der Waals surface area (Å²) in [7, 11) is 0. The van der Waals surface area contributed by atoms with Gasteiger partial charge in [-0.25, -0.2) is 0 Å². The first-order valence-electron chi connectivity index (χ1n) is 5.03. The van der Waals surface area contributed by atoms with E-state index in [0.29, 0.717) is 12.5 Å². The molecule has 0 aliphatic rings. The minimum atomic E-state index is 0.544. The van der Waals surface area contributed by atoms with Gasteiger partial charge in [0.15, 0.2) is 0 Å². The van der Waals surface area contributed by atoms with Crippen LogP contribution < -0.4 is 5.73 Å². The molecule has 0 spiro atoms. The maximum Gasteiger partial charge on any atom is 0.0491 e. The van der Waals surface area contributed by atoms with Crippen molar-refractivity contribution in [1.29, 1.82) is 0 Å². The Hall–Kier alpha value is -1.28. The van der Waals surface area contributed by atoms with Gasteiger partial charge in [-0.1, -0.05) is 32.0 Å². The smallest absolute Gasteiger partial charge is 0.0491 e. The molecule has 0 radical (unpaired) electrons. The van der Waals surface area contributed by atoms with Crippen molar-refractivity contribution < 1.29 is 0 Å². The zero-order chi connectivity index (χ0) is 10.1. The van der Waals surface area contributed by atoms with Gasteiger partial charge in [-0.05, 0) is 22.9 Å². The summed E-state index contributed by atoms with van der Waals surface area (Å²) in [5.41, 5.74) is 9.32. The van der Waals surface area contributed by atoms with E-state index in [2.05, 4.69) is 43.1 Å². The highest BCUT2D eigenvalue weighted by Crippen LogP contribution is 2.25. The average Bonchev–Trinajstić information content (AvgIpc) is 2.59. The maximum atomic E-state index is 5.61. The average molecular weight is 188 g/mol. The Morgan fingerprint density at radius 1 is 1.36 bits per heavy atom. The summed E-state index contributed by atoms with van der Waals surface area (Å²) in [4.78, 5) is 3.37. The molecule has 1 heterocycles. The van der Waals surface area contributed by atoms with Crippen LogP contribution >= 0.6 is 0 Å². The number of aromatic nitrogens is 1. The van der Waals surface area contributed by atoms with Crippen LogP contribution in [0.2, 0.25) is 0 Å². The molecule has 1 aromatic heterocycles. The van der Waals surface area contributed by atoms with Crippen LogP contribution in [0.4, 0.5) is 0 Å². The summed E-state index contributed by atoms with van der Waals surface area (Å²) < 4.78 is 0. The fourth-order valence-electron chi connectivity index (χ4n) is 1.83. The van der Waals surface area contributed by atoms with Crippen molar-refractivity contribution in [3.63, 3.8) is 0 Å². The monoisotopic (exact) mass is 188 g/mol. The Labute approximate surface area is 84.1 Å². The molecule has 0 aliphatic heterocycles. The van der Waals surface area contributed by atoms with Crippen molar-refractivity contribution in [2.24, 2.45) is 5.73 Å². The van der Waals surface area contributed by atoms with E-state index in [0.717, 1.165) is 5.69 Å². The summed E-state index contributed by atoms with van der Waals surface area (Å²) in [5.74, 6) is 0.544. The van der Waals surface area contributed by atoms with Crippen molar-refractivity contribution in [2.45, 2.75) is 26.3 Å². The predicted octanol–water partition coefficient (Wildman–Crippen LogP) is 2.75. The van der Waals surface area contributed by atoms with Gasteiger partial charge in [0, 0.05) is 17.8 Å². The van der Waals surface area contributed by atoms with Crippen LogP contribution in [0.25, 0.3) is 10.9 Å². The van der Waals surface area contributed by atoms with Gasteiger partial charge in [-0.2, -0.15) is 0 Å². The zero-order valence-electron chi connectivity index (χ0n) is 8.67. The molecule has 0 atom stereocenters. The van der Waals surface area contributed by atoms with Crippen LogP contribution in [-0.4, -0.2) is 4.98 Å². The zero-order valence-corrected chi connectivity index (χ0v) is 8.67. The van der Waals surface area contributed by atoms with Gasteiger partial charge in [0.05, 0.1) is 0 Å². The summed E-state index contributed by atoms with van der Waals surface area (Å²) in [6.45, 7) is 4.99. The second-order valence-electron chi connectivity index (χ2n) is 3.96. The molecule has 0 saturated heterocycles. The Balaban J connectivity index is 2.66. The molecule has 2 aromatic rings. The Morgan fingerprint density at radius 2 is 2.14 bits per heavy atom. The van der Waals surface area contributed by atoms with Crippen LogP contribution in [0.15, 0.2) is 24.3 Å². The molecule has 0 aliphatic carbocycles. The second kappa shape index (κ2) is 3.46. The second-order valence-corrected chi connectivity index (χ2v) is 3.96. The lowest BCUT2D eigenvalue weighted by Gasteiger charge is -2.06. The van der Waals surface area contributed by atoms with E-state index in [1.165, 1.54) is 16.5 Å². The highest BCUT2D eigenvalue weighted by molar-refractivity contribution is 5.84. The number of rotatable bonds is 2. The molecule has 1 aromatic carbocycles. The summed E-state index contributed by atoms with van der Waals surface area (Å²) in [6, 6.07) is 8.52. The van der Waals surface area contributed by atoms with Crippen LogP contribution in [0, 0.1) is 0 Å². The lowest BCUT2D eigenvalue weighted by atomic mass is 10.0. The van der Waals surface area contributed by atoms with Crippen molar-refractivity contribution in [1.82, 2.24) is 4.98 Å². The fourth-order valence-corrected chi connectivity index (χ4v) is 1.83. The topological polar surface area (TPSA) is 41.8 Å². The standard InChI is InChI=1S/C12H16N2/c1-8(2)11-5-3-4-9-6-10(7-13)14-12(9)11/h3-6,8,14H,7,13H2,1-2H3. The minimum Gasteiger partial charge on any atom is -0.357 e. The lowest BCUT2D eigenvalue weighted by Crippen LogP contribution is -1.95. The van der Waals surface area contributed by atoms with Gasteiger partial charge in [0.2, 0.25) is 0 Å². The van der Waals surface area contributed by atoms with Crippen molar-refractivity contribution in [2.75, 3.05) is 0 Å². The number of hydrogen-bond donors (Lipinski definition) is 2. The van der Waals surface area contributed by atoms with E-state index >= 15 is 0 Å². The van der Waals surface area contributed by atoms with Crippen molar-refractivity contribution >= 4 is 10.9 Å². The normalized spacial score (nSPS) is 11.4. The molecule has 2 rings (SSSR count). The van der Waals surface area contributed by atoms with E-state index in [9.17, 15) is 0 Å². The SMILES string of the molecule is CC(C)c1cccc2cc(CN)[nH]c12. The van der Waals surface area contributed by atoms with Crippen molar-refractivity contribution in [3.05, 3.63) is 35.5 Å². The number of nitrogens with one attached hydrogen (secondary N) is 1. The molecule has 2 heteroatoms. The molecule has 2 nitrogen and oxygen atoms in total. The first-order chi connectivity index (χ1) is 6.72. The number of hydrogen-bond acceptors (Lipinski definition) is 1. The number of H-pyrrole nitrogens is 1. The number of para-hydroxylation sites is 1. The summed E-state index contributed by atoms with van der Waals surface area (Å²) in [6.07, 6.45) is 0. The van der Waals surface area contributed by atoms with Gasteiger partial charge < -0.3 is 10.7 Å². The molecule has 0 unspecified atom stereocenters. The molecule has 0 bridgehead atoms. The largest absolute Gasteiger partial charge is 0.357 e. The van der Waals surface area contributed by atoms with Gasteiger partial charge in [-0.3, -0.25) is 0 Å². The van der Waals surface area contributed by atoms with E-state index in [1.54, 1.807) is 0 Å². The highest BCUT2D eigenvalue weighted by Gasteiger charge is 2.06. The summed E-state index contributed by atoms with van der Waals surface area (Å²) in [5, 5.41) is 1.26. The van der Waals surface area contributed by atoms with Crippen LogP contribution in [0.3, 0.4) is 0 Å². The quantitative estimate of drug-likeness (QED) is 0.747. The summed E-state index contributed by atoms with van der Waals surface area (Å²) >= 11 is 0. The van der Waals surface area contributed by atoms with E-state index in [4.69, 9.17) is 5.73 Å². The molecular formula is C12H16N2. The molecule has 3 N–H and O–H groups in total. The molecule has 74 valence electrons. The predicted molar refractivity (Wildman–Crippen MR) is 60.3 cm³/mol. The Bertz CT molecular complexity index is 441.